The van der Waals surface area contributed by atoms with Gasteiger partial charge in [-0.2, -0.15) is 0 Å². The van der Waals surface area contributed by atoms with Crippen LogP contribution in [-0.4, -0.2) is 28.7 Å². The number of para-hydroxylation sites is 4. The molecule has 6 heteroatoms. The molecule has 0 bridgehead atoms. The molecule has 0 atom stereocenters. The fourth-order valence-corrected chi connectivity index (χ4v) is 9.73. The molecule has 0 saturated heterocycles. The van der Waals surface area contributed by atoms with Crippen LogP contribution in [0.2, 0.25) is 0 Å². The fourth-order valence-electron chi connectivity index (χ4n) is 9.73. The van der Waals surface area contributed by atoms with Crippen molar-refractivity contribution in [3.05, 3.63) is 218 Å². The summed E-state index contributed by atoms with van der Waals surface area (Å²) in [6.07, 6.45) is 0. The Hall–Kier alpha value is -8.61. The van der Waals surface area contributed by atoms with Gasteiger partial charge in [0.05, 0.1) is 33.1 Å². The van der Waals surface area contributed by atoms with E-state index < -0.39 is 0 Å². The molecule has 63 heavy (non-hydrogen) atoms. The minimum absolute atomic E-state index is 0.622. The van der Waals surface area contributed by atoms with Crippen LogP contribution in [0.1, 0.15) is 0 Å². The fraction of sp³-hybridized carbons (Fsp3) is 0. The van der Waals surface area contributed by atoms with Crippen LogP contribution in [0.15, 0.2) is 218 Å². The molecule has 4 aromatic heterocycles. The van der Waals surface area contributed by atoms with Crippen LogP contribution in [0.4, 0.5) is 0 Å². The summed E-state index contributed by atoms with van der Waals surface area (Å²) in [6.45, 7) is 0. The number of fused-ring (bicyclic) bond motifs is 10. The molecule has 6 nitrogen and oxygen atoms in total. The SMILES string of the molecule is c1ccc(-c2nc(-c3ccccc3)nc(-c3cccc(-n4c5ccccc5c5c4ccc4c6ccccc6n(-c6ccc7c(c6)c6ccccc6n7-c6ccccc6)c45)c3)n2)cc1. The molecule has 0 N–H and O–H groups in total. The second kappa shape index (κ2) is 14.0. The largest absolute Gasteiger partial charge is 0.309 e. The van der Waals surface area contributed by atoms with Gasteiger partial charge in [0.15, 0.2) is 17.5 Å². The van der Waals surface area contributed by atoms with Crippen molar-refractivity contribution in [1.82, 2.24) is 28.7 Å². The van der Waals surface area contributed by atoms with Gasteiger partial charge in [-0.1, -0.05) is 152 Å². The molecular formula is C57H36N6. The van der Waals surface area contributed by atoms with E-state index in [1.54, 1.807) is 0 Å². The molecule has 13 aromatic rings. The van der Waals surface area contributed by atoms with Crippen molar-refractivity contribution < 1.29 is 0 Å². The van der Waals surface area contributed by atoms with Crippen molar-refractivity contribution in [2.75, 3.05) is 0 Å². The van der Waals surface area contributed by atoms with E-state index in [0.717, 1.165) is 44.8 Å². The van der Waals surface area contributed by atoms with Crippen molar-refractivity contribution >= 4 is 65.4 Å². The van der Waals surface area contributed by atoms with Crippen molar-refractivity contribution in [2.24, 2.45) is 0 Å². The molecule has 0 aliphatic heterocycles. The van der Waals surface area contributed by atoms with Gasteiger partial charge < -0.3 is 13.7 Å². The molecule has 0 aliphatic rings. The lowest BCUT2D eigenvalue weighted by Crippen LogP contribution is -2.01. The number of hydrogen-bond donors (Lipinski definition) is 0. The van der Waals surface area contributed by atoms with E-state index in [1.165, 1.54) is 54.4 Å². The van der Waals surface area contributed by atoms with Crippen LogP contribution in [0.3, 0.4) is 0 Å². The lowest BCUT2D eigenvalue weighted by Gasteiger charge is -2.12. The van der Waals surface area contributed by atoms with Gasteiger partial charge in [-0.3, -0.25) is 0 Å². The van der Waals surface area contributed by atoms with Crippen molar-refractivity contribution in [3.8, 4) is 51.2 Å². The first-order valence-corrected chi connectivity index (χ1v) is 21.3. The Labute approximate surface area is 362 Å². The maximum Gasteiger partial charge on any atom is 0.164 e. The Morgan fingerprint density at radius 2 is 0.698 bits per heavy atom. The van der Waals surface area contributed by atoms with Crippen molar-refractivity contribution in [3.63, 3.8) is 0 Å². The summed E-state index contributed by atoms with van der Waals surface area (Å²) in [7, 11) is 0. The highest BCUT2D eigenvalue weighted by molar-refractivity contribution is 6.26. The summed E-state index contributed by atoms with van der Waals surface area (Å²) >= 11 is 0. The number of rotatable bonds is 6. The third-order valence-corrected chi connectivity index (χ3v) is 12.5. The highest BCUT2D eigenvalue weighted by atomic mass is 15.0. The summed E-state index contributed by atoms with van der Waals surface area (Å²) in [4.78, 5) is 15.1. The van der Waals surface area contributed by atoms with Crippen LogP contribution >= 0.6 is 0 Å². The molecular weight excluding hydrogens is 769 g/mol. The smallest absolute Gasteiger partial charge is 0.164 e. The molecule has 0 fully saturated rings. The Bertz CT molecular complexity index is 3840. The molecule has 0 spiro atoms. The van der Waals surface area contributed by atoms with Crippen LogP contribution in [0.5, 0.6) is 0 Å². The second-order valence-corrected chi connectivity index (χ2v) is 16.0. The summed E-state index contributed by atoms with van der Waals surface area (Å²) in [5.74, 6) is 1.90. The van der Waals surface area contributed by atoms with Gasteiger partial charge >= 0.3 is 0 Å². The molecule has 0 saturated carbocycles. The zero-order valence-electron chi connectivity index (χ0n) is 34.0. The molecule has 4 heterocycles. The molecule has 0 amide bonds. The third-order valence-electron chi connectivity index (χ3n) is 12.5. The van der Waals surface area contributed by atoms with Gasteiger partial charge in [-0.05, 0) is 66.7 Å². The maximum absolute atomic E-state index is 5.08. The third kappa shape index (κ3) is 5.48. The van der Waals surface area contributed by atoms with E-state index in [4.69, 9.17) is 15.0 Å². The van der Waals surface area contributed by atoms with E-state index in [1.807, 2.05) is 60.7 Å². The maximum atomic E-state index is 5.08. The Balaban J connectivity index is 1.05. The topological polar surface area (TPSA) is 53.5 Å². The number of hydrogen-bond acceptors (Lipinski definition) is 3. The first-order valence-electron chi connectivity index (χ1n) is 21.3. The van der Waals surface area contributed by atoms with E-state index in [-0.39, 0.29) is 0 Å². The minimum Gasteiger partial charge on any atom is -0.309 e. The van der Waals surface area contributed by atoms with Crippen LogP contribution in [-0.2, 0) is 0 Å². The summed E-state index contributed by atoms with van der Waals surface area (Å²) in [5.41, 5.74) is 13.1. The van der Waals surface area contributed by atoms with Crippen LogP contribution in [0.25, 0.3) is 117 Å². The average Bonchev–Trinajstić information content (AvgIpc) is 4.00. The predicted molar refractivity (Wildman–Crippen MR) is 259 cm³/mol. The number of aromatic nitrogens is 6. The lowest BCUT2D eigenvalue weighted by molar-refractivity contribution is 1.07. The quantitative estimate of drug-likeness (QED) is 0.168. The van der Waals surface area contributed by atoms with Gasteiger partial charge in [-0.25, -0.2) is 15.0 Å². The van der Waals surface area contributed by atoms with E-state index in [2.05, 4.69) is 171 Å². The second-order valence-electron chi connectivity index (χ2n) is 16.0. The predicted octanol–water partition coefficient (Wildman–Crippen LogP) is 14.2. The normalized spacial score (nSPS) is 11.8. The van der Waals surface area contributed by atoms with Gasteiger partial charge in [-0.15, -0.1) is 0 Å². The Morgan fingerprint density at radius 3 is 1.37 bits per heavy atom. The first kappa shape index (κ1) is 35.2. The zero-order chi connectivity index (χ0) is 41.4. The van der Waals surface area contributed by atoms with Gasteiger partial charge in [0.25, 0.3) is 0 Å². The molecule has 0 aliphatic carbocycles. The molecule has 294 valence electrons. The molecule has 0 unspecified atom stereocenters. The van der Waals surface area contributed by atoms with Gasteiger partial charge in [0, 0.05) is 66.1 Å². The summed E-state index contributed by atoms with van der Waals surface area (Å²) in [6, 6.07) is 77.4. The Morgan fingerprint density at radius 1 is 0.254 bits per heavy atom. The summed E-state index contributed by atoms with van der Waals surface area (Å²) in [5, 5.41) is 7.27. The summed E-state index contributed by atoms with van der Waals surface area (Å²) < 4.78 is 7.25. The molecule has 0 radical (unpaired) electrons. The molecule has 13 rings (SSSR count). The lowest BCUT2D eigenvalue weighted by atomic mass is 10.1. The highest BCUT2D eigenvalue weighted by Gasteiger charge is 2.22. The first-order chi connectivity index (χ1) is 31.3. The monoisotopic (exact) mass is 804 g/mol. The van der Waals surface area contributed by atoms with Gasteiger partial charge in [0.2, 0.25) is 0 Å². The minimum atomic E-state index is 0.622. The van der Waals surface area contributed by atoms with Gasteiger partial charge in [0.1, 0.15) is 0 Å². The average molecular weight is 805 g/mol. The van der Waals surface area contributed by atoms with E-state index in [0.29, 0.717) is 17.5 Å². The standard InChI is InChI=1S/C57H36N6/c1-4-17-37(18-5-1)55-58-56(38-19-6-2-7-20-38)60-57(59-55)39-21-16-24-41(35-39)62-50-30-15-12-27-46(50)53-52(62)34-32-45-43-25-10-14-29-49(43)63(54(45)53)42-31-33-51-47(36-42)44-26-11-13-28-48(44)61(51)40-22-8-3-9-23-40/h1-36H. The van der Waals surface area contributed by atoms with Crippen LogP contribution in [0, 0.1) is 0 Å². The van der Waals surface area contributed by atoms with Crippen LogP contribution < -0.4 is 0 Å². The molecule has 9 aromatic carbocycles. The van der Waals surface area contributed by atoms with Crippen molar-refractivity contribution in [2.45, 2.75) is 0 Å². The zero-order valence-corrected chi connectivity index (χ0v) is 34.0. The number of benzene rings is 9. The number of nitrogens with zero attached hydrogens (tertiary/aromatic N) is 6. The van der Waals surface area contributed by atoms with E-state index in [9.17, 15) is 0 Å². The van der Waals surface area contributed by atoms with E-state index >= 15 is 0 Å². The Kier molecular flexibility index (Phi) is 7.80. The highest BCUT2D eigenvalue weighted by Crippen LogP contribution is 2.43. The van der Waals surface area contributed by atoms with Crippen molar-refractivity contribution in [1.29, 1.82) is 0 Å².